The molecule has 273 valence electrons. The number of fused-ring (bicyclic) bond motifs is 4. The fraction of sp³-hybridized carbons (Fsp3) is 0.500. The Hall–Kier alpha value is -2.38. The van der Waals surface area contributed by atoms with Crippen molar-refractivity contribution < 1.29 is 30.0 Å². The third kappa shape index (κ3) is 8.30. The number of carbonyl (C=O) groups excluding carboxylic acids is 1. The largest absolute Gasteiger partial charge is 0.512 e. The Bertz CT molecular complexity index is 1860. The summed E-state index contributed by atoms with van der Waals surface area (Å²) in [6.45, 7) is 29.2. The molecule has 4 aromatic rings. The van der Waals surface area contributed by atoms with E-state index < -0.39 is 16.1 Å². The van der Waals surface area contributed by atoms with E-state index in [2.05, 4.69) is 102 Å². The maximum absolute atomic E-state index is 12.2. The number of pyridine rings is 1. The molecular formula is C44H62IrNO2Si2-. The predicted octanol–water partition coefficient (Wildman–Crippen LogP) is 11.6. The van der Waals surface area contributed by atoms with Crippen LogP contribution in [0.15, 0.2) is 66.6 Å². The van der Waals surface area contributed by atoms with Crippen molar-refractivity contribution in [2.24, 2.45) is 10.8 Å². The summed E-state index contributed by atoms with van der Waals surface area (Å²) >= 11 is 0. The SMILES string of the molecule is CC(C)(C)c1cc(-c2nccc3c4c(ccc23)[Si](C)(C)CC[Si]4(C)C)[c-]c2ccccc12.CCC(C)(CC)C(=O)/C=C(\O)C(C)(CC)CC.[Ir]. The van der Waals surface area contributed by atoms with E-state index in [4.69, 9.17) is 4.98 Å². The molecule has 1 aliphatic rings. The van der Waals surface area contributed by atoms with Gasteiger partial charge < -0.3 is 5.11 Å². The van der Waals surface area contributed by atoms with Crippen molar-refractivity contribution in [1.82, 2.24) is 4.98 Å². The van der Waals surface area contributed by atoms with E-state index in [1.165, 1.54) is 45.3 Å². The van der Waals surface area contributed by atoms with Crippen molar-refractivity contribution in [1.29, 1.82) is 0 Å². The number of nitrogens with zero attached hydrogens (tertiary/aromatic N) is 1. The van der Waals surface area contributed by atoms with Gasteiger partial charge in [0.2, 0.25) is 0 Å². The van der Waals surface area contributed by atoms with Crippen LogP contribution in [-0.4, -0.2) is 32.0 Å². The van der Waals surface area contributed by atoms with Crippen LogP contribution in [0.5, 0.6) is 0 Å². The molecule has 6 heteroatoms. The molecule has 1 N–H and O–H groups in total. The Morgan fingerprint density at radius 2 is 1.38 bits per heavy atom. The number of rotatable bonds is 8. The van der Waals surface area contributed by atoms with Gasteiger partial charge in [0, 0.05) is 48.9 Å². The summed E-state index contributed by atoms with van der Waals surface area (Å²) in [5, 5.41) is 18.8. The first-order valence-electron chi connectivity index (χ1n) is 18.6. The third-order valence-electron chi connectivity index (χ3n) is 12.2. The number of carbonyl (C=O) groups is 1. The minimum atomic E-state index is -1.48. The van der Waals surface area contributed by atoms with Crippen LogP contribution in [0, 0.1) is 16.9 Å². The molecule has 3 nitrogen and oxygen atoms in total. The van der Waals surface area contributed by atoms with E-state index in [1.54, 1.807) is 10.4 Å². The number of aliphatic hydroxyl groups excluding tert-OH is 1. The van der Waals surface area contributed by atoms with Crippen molar-refractivity contribution in [3.8, 4) is 11.3 Å². The van der Waals surface area contributed by atoms with Crippen molar-refractivity contribution in [3.63, 3.8) is 0 Å². The van der Waals surface area contributed by atoms with Crippen molar-refractivity contribution in [3.05, 3.63) is 78.2 Å². The average Bonchev–Trinajstić information content (AvgIpc) is 3.08. The molecule has 3 aromatic carbocycles. The van der Waals surface area contributed by atoms with Gasteiger partial charge in [0.25, 0.3) is 0 Å². The molecular weight excluding hydrogens is 823 g/mol. The van der Waals surface area contributed by atoms with Gasteiger partial charge in [-0.25, -0.2) is 0 Å². The van der Waals surface area contributed by atoms with Crippen LogP contribution in [0.1, 0.15) is 93.6 Å². The summed E-state index contributed by atoms with van der Waals surface area (Å²) in [6.07, 6.45) is 6.79. The summed E-state index contributed by atoms with van der Waals surface area (Å²) in [4.78, 5) is 17.1. The monoisotopic (exact) mass is 885 g/mol. The number of benzene rings is 3. The van der Waals surface area contributed by atoms with Gasteiger partial charge in [-0.3, -0.25) is 9.78 Å². The number of hydrogen-bond donors (Lipinski definition) is 1. The van der Waals surface area contributed by atoms with Gasteiger partial charge in [-0.05, 0) is 47.9 Å². The number of ketones is 1. The second kappa shape index (κ2) is 15.7. The van der Waals surface area contributed by atoms with Gasteiger partial charge >= 0.3 is 0 Å². The fourth-order valence-corrected chi connectivity index (χ4v) is 18.0. The second-order valence-corrected chi connectivity index (χ2v) is 26.9. The van der Waals surface area contributed by atoms with Gasteiger partial charge in [-0.15, -0.1) is 29.1 Å². The molecule has 0 bridgehead atoms. The second-order valence-electron chi connectivity index (χ2n) is 17.3. The quantitative estimate of drug-likeness (QED) is 0.0830. The Morgan fingerprint density at radius 3 is 1.96 bits per heavy atom. The fourth-order valence-electron chi connectivity index (χ4n) is 7.31. The normalized spacial score (nSPS) is 15.9. The summed E-state index contributed by atoms with van der Waals surface area (Å²) < 4.78 is 0. The third-order valence-corrected chi connectivity index (χ3v) is 19.7. The molecule has 50 heavy (non-hydrogen) atoms. The first kappa shape index (κ1) is 42.0. The molecule has 0 saturated heterocycles. The number of aliphatic hydroxyl groups is 1. The van der Waals surface area contributed by atoms with Gasteiger partial charge in [-0.2, -0.15) is 0 Å². The topological polar surface area (TPSA) is 50.2 Å². The molecule has 1 radical (unpaired) electrons. The molecule has 5 rings (SSSR count). The Labute approximate surface area is 319 Å². The van der Waals surface area contributed by atoms with Gasteiger partial charge in [0.15, 0.2) is 5.78 Å². The molecule has 1 aromatic heterocycles. The maximum Gasteiger partial charge on any atom is 0.164 e. The van der Waals surface area contributed by atoms with Crippen LogP contribution in [0.4, 0.5) is 0 Å². The van der Waals surface area contributed by atoms with Crippen molar-refractivity contribution >= 4 is 53.8 Å². The minimum absolute atomic E-state index is 0. The van der Waals surface area contributed by atoms with Crippen LogP contribution in [0.25, 0.3) is 32.8 Å². The smallest absolute Gasteiger partial charge is 0.164 e. The Morgan fingerprint density at radius 1 is 0.800 bits per heavy atom. The van der Waals surface area contributed by atoms with E-state index in [0.29, 0.717) is 0 Å². The van der Waals surface area contributed by atoms with Gasteiger partial charge in [-0.1, -0.05) is 152 Å². The molecule has 0 atom stereocenters. The molecule has 0 unspecified atom stereocenters. The predicted molar refractivity (Wildman–Crippen MR) is 219 cm³/mol. The zero-order valence-electron chi connectivity index (χ0n) is 33.2. The minimum Gasteiger partial charge on any atom is -0.512 e. The number of aromatic nitrogens is 1. The van der Waals surface area contributed by atoms with E-state index in [1.807, 2.05) is 47.7 Å². The molecule has 0 fully saturated rings. The Kier molecular flexibility index (Phi) is 13.2. The van der Waals surface area contributed by atoms with Crippen molar-refractivity contribution in [2.75, 3.05) is 0 Å². The maximum atomic E-state index is 12.2. The molecule has 2 heterocycles. The molecule has 0 amide bonds. The average molecular weight is 885 g/mol. The van der Waals surface area contributed by atoms with Gasteiger partial charge in [0.05, 0.1) is 16.1 Å². The van der Waals surface area contributed by atoms with Crippen LogP contribution in [0.2, 0.25) is 38.3 Å². The van der Waals surface area contributed by atoms with Crippen LogP contribution in [-0.2, 0) is 30.3 Å². The van der Waals surface area contributed by atoms with E-state index in [9.17, 15) is 9.90 Å². The van der Waals surface area contributed by atoms with Crippen molar-refractivity contribution in [2.45, 2.75) is 132 Å². The van der Waals surface area contributed by atoms with Gasteiger partial charge in [0.1, 0.15) is 5.76 Å². The summed E-state index contributed by atoms with van der Waals surface area (Å²) in [7, 11) is -2.85. The summed E-state index contributed by atoms with van der Waals surface area (Å²) in [5.41, 5.74) is 3.01. The zero-order chi connectivity index (χ0) is 36.6. The first-order valence-corrected chi connectivity index (χ1v) is 25.0. The first-order chi connectivity index (χ1) is 22.8. The zero-order valence-corrected chi connectivity index (χ0v) is 37.5. The number of allylic oxidation sites excluding steroid dienone is 2. The Balaban J connectivity index is 0.000000323. The summed E-state index contributed by atoms with van der Waals surface area (Å²) in [5.74, 6) is 0.286. The molecule has 0 saturated carbocycles. The molecule has 0 aliphatic carbocycles. The molecule has 1 aliphatic heterocycles. The van der Waals surface area contributed by atoms with Crippen LogP contribution in [0.3, 0.4) is 0 Å². The summed E-state index contributed by atoms with van der Waals surface area (Å²) in [6, 6.07) is 24.7. The van der Waals surface area contributed by atoms with E-state index in [-0.39, 0.29) is 47.9 Å². The van der Waals surface area contributed by atoms with Crippen LogP contribution >= 0.6 is 0 Å². The van der Waals surface area contributed by atoms with E-state index >= 15 is 0 Å². The van der Waals surface area contributed by atoms with E-state index in [0.717, 1.165) is 36.9 Å². The molecule has 0 spiro atoms. The van der Waals surface area contributed by atoms with Crippen LogP contribution < -0.4 is 10.4 Å². The number of hydrogen-bond acceptors (Lipinski definition) is 3. The standard InChI is InChI=1S/C29H34NSi2.C15H28O2.Ir/c1-29(2,3)25-19-21(18-20-10-8-9-11-22(20)25)27-23-12-13-26-28(24(23)14-15-30-27)32(6,7)17-16-31(26,4)5;1-7-14(5,8-2)12(16)11-13(17)15(6,9-3)10-4;/h8-15,19H,16-17H2,1-7H3;11,16H,7-10H2,1-6H3;/q-1;;/b;12-11-;.